The van der Waals surface area contributed by atoms with E-state index < -0.39 is 23.0 Å². The molecule has 0 N–H and O–H groups in total. The van der Waals surface area contributed by atoms with Crippen molar-refractivity contribution in [2.45, 2.75) is 43.9 Å². The van der Waals surface area contributed by atoms with E-state index >= 15 is 0 Å². The van der Waals surface area contributed by atoms with Crippen molar-refractivity contribution in [2.24, 2.45) is 20.0 Å². The number of hydrogen-bond donors (Lipinski definition) is 0. The van der Waals surface area contributed by atoms with Crippen LogP contribution in [0, 0.1) is 5.92 Å². The van der Waals surface area contributed by atoms with Crippen LogP contribution in [0.3, 0.4) is 0 Å². The van der Waals surface area contributed by atoms with Gasteiger partial charge in [0.25, 0.3) is 5.56 Å². The predicted molar refractivity (Wildman–Crippen MR) is 129 cm³/mol. The van der Waals surface area contributed by atoms with Crippen LogP contribution < -0.4 is 11.2 Å². The number of nitrogens with zero attached hydrogens (tertiary/aromatic N) is 6. The van der Waals surface area contributed by atoms with Crippen LogP contribution in [0.2, 0.25) is 0 Å². The summed E-state index contributed by atoms with van der Waals surface area (Å²) in [6, 6.07) is 5.41. The number of halogens is 3. The third kappa shape index (κ3) is 4.92. The van der Waals surface area contributed by atoms with Gasteiger partial charge in [-0.05, 0) is 33.5 Å². The Hall–Kier alpha value is -2.93. The van der Waals surface area contributed by atoms with Crippen molar-refractivity contribution in [2.75, 3.05) is 0 Å². The molecule has 0 aliphatic carbocycles. The molecule has 0 aliphatic heterocycles. The van der Waals surface area contributed by atoms with Gasteiger partial charge in [0.1, 0.15) is 4.83 Å². The van der Waals surface area contributed by atoms with E-state index in [4.69, 9.17) is 0 Å². The summed E-state index contributed by atoms with van der Waals surface area (Å²) in [6.07, 6.45) is -4.54. The fourth-order valence-electron chi connectivity index (χ4n) is 3.86. The molecule has 13 heteroatoms. The highest BCUT2D eigenvalue weighted by Gasteiger charge is 2.33. The first kappa shape index (κ1) is 25.2. The monoisotopic (exact) mass is 524 g/mol. The van der Waals surface area contributed by atoms with Crippen molar-refractivity contribution in [1.82, 2.24) is 29.3 Å². The average Bonchev–Trinajstić information content (AvgIpc) is 3.36. The van der Waals surface area contributed by atoms with E-state index in [0.717, 1.165) is 10.6 Å². The molecule has 0 bridgehead atoms. The first-order chi connectivity index (χ1) is 16.5. The van der Waals surface area contributed by atoms with Gasteiger partial charge in [-0.3, -0.25) is 13.9 Å². The van der Waals surface area contributed by atoms with Gasteiger partial charge in [0.2, 0.25) is 5.16 Å². The Labute approximate surface area is 206 Å². The molecular formula is C22H23F3N6O2S2. The number of aromatic nitrogens is 6. The molecule has 0 radical (unpaired) electrons. The Morgan fingerprint density at radius 1 is 1.14 bits per heavy atom. The minimum atomic E-state index is -4.51. The van der Waals surface area contributed by atoms with Crippen molar-refractivity contribution < 1.29 is 13.2 Å². The van der Waals surface area contributed by atoms with E-state index in [2.05, 4.69) is 15.5 Å². The van der Waals surface area contributed by atoms with Gasteiger partial charge in [0.15, 0.2) is 0 Å². The molecule has 0 atom stereocenters. The van der Waals surface area contributed by atoms with Crippen molar-refractivity contribution >= 4 is 33.3 Å². The summed E-state index contributed by atoms with van der Waals surface area (Å²) in [5.41, 5.74) is -0.943. The van der Waals surface area contributed by atoms with Crippen LogP contribution in [0.15, 0.2) is 39.0 Å². The Morgan fingerprint density at radius 3 is 2.49 bits per heavy atom. The summed E-state index contributed by atoms with van der Waals surface area (Å²) in [5.74, 6) is 0.375. The summed E-state index contributed by atoms with van der Waals surface area (Å²) >= 11 is 2.47. The zero-order valence-corrected chi connectivity index (χ0v) is 21.1. The fourth-order valence-corrected chi connectivity index (χ4v) is 6.19. The maximum atomic E-state index is 13.7. The number of aryl methyl sites for hydroxylation is 1. The summed E-state index contributed by atoms with van der Waals surface area (Å²) in [4.78, 5) is 27.3. The Balaban J connectivity index is 1.94. The van der Waals surface area contributed by atoms with Gasteiger partial charge in [-0.1, -0.05) is 43.8 Å². The second kappa shape index (κ2) is 9.61. The number of alkyl halides is 3. The fraction of sp³-hybridized carbons (Fsp3) is 0.409. The smallest absolute Gasteiger partial charge is 0.284 e. The van der Waals surface area contributed by atoms with Gasteiger partial charge in [0.05, 0.1) is 10.9 Å². The summed E-state index contributed by atoms with van der Waals surface area (Å²) in [7, 11) is 3.09. The maximum absolute atomic E-state index is 13.7. The van der Waals surface area contributed by atoms with Crippen LogP contribution in [0.1, 0.15) is 35.4 Å². The number of rotatable bonds is 7. The van der Waals surface area contributed by atoms with Gasteiger partial charge in [-0.15, -0.1) is 16.4 Å². The highest BCUT2D eigenvalue weighted by molar-refractivity contribution is 7.98. The molecule has 0 spiro atoms. The molecule has 0 fully saturated rings. The van der Waals surface area contributed by atoms with E-state index in [9.17, 15) is 22.8 Å². The Morgan fingerprint density at radius 2 is 1.86 bits per heavy atom. The van der Waals surface area contributed by atoms with Crippen LogP contribution in [-0.2, 0) is 39.0 Å². The Bertz CT molecular complexity index is 1500. The normalized spacial score (nSPS) is 12.2. The van der Waals surface area contributed by atoms with E-state index in [1.165, 1.54) is 47.0 Å². The molecular weight excluding hydrogens is 501 g/mol. The largest absolute Gasteiger partial charge is 0.416 e. The summed E-state index contributed by atoms with van der Waals surface area (Å²) in [6.45, 7) is 4.28. The predicted octanol–water partition coefficient (Wildman–Crippen LogP) is 3.84. The molecule has 35 heavy (non-hydrogen) atoms. The van der Waals surface area contributed by atoms with Crippen LogP contribution in [0.4, 0.5) is 13.2 Å². The second-order valence-corrected chi connectivity index (χ2v) is 10.6. The maximum Gasteiger partial charge on any atom is 0.416 e. The van der Waals surface area contributed by atoms with Gasteiger partial charge < -0.3 is 0 Å². The minimum Gasteiger partial charge on any atom is -0.284 e. The first-order valence-electron chi connectivity index (χ1n) is 10.7. The zero-order chi connectivity index (χ0) is 25.5. The Kier molecular flexibility index (Phi) is 6.91. The topological polar surface area (TPSA) is 87.6 Å². The highest BCUT2D eigenvalue weighted by Crippen LogP contribution is 2.38. The summed E-state index contributed by atoms with van der Waals surface area (Å²) < 4.78 is 45.1. The molecule has 0 amide bonds. The molecule has 0 saturated heterocycles. The molecule has 0 saturated carbocycles. The zero-order valence-electron chi connectivity index (χ0n) is 19.5. The van der Waals surface area contributed by atoms with Crippen LogP contribution in [0.25, 0.3) is 10.2 Å². The molecule has 4 aromatic rings. The van der Waals surface area contributed by atoms with Crippen molar-refractivity contribution in [3.8, 4) is 0 Å². The molecule has 0 aliphatic rings. The number of hydrogen-bond acceptors (Lipinski definition) is 7. The van der Waals surface area contributed by atoms with E-state index in [0.29, 0.717) is 32.4 Å². The lowest BCUT2D eigenvalue weighted by atomic mass is 10.0. The quantitative estimate of drug-likeness (QED) is 0.342. The number of thiophene rings is 1. The van der Waals surface area contributed by atoms with Gasteiger partial charge >= 0.3 is 11.9 Å². The standard InChI is InChI=1S/C22H23F3N6O2S2/c1-12(2)10-31-19-17(18(32)29(3)21(31)33)14(11-34-20-26-27-28-30(20)4)16(35-19)9-13-7-5-6-8-15(13)22(23,24)25/h5-8,12H,9-11H2,1-4H3. The average molecular weight is 525 g/mol. The molecule has 186 valence electrons. The van der Waals surface area contributed by atoms with E-state index in [1.54, 1.807) is 17.7 Å². The molecule has 8 nitrogen and oxygen atoms in total. The minimum absolute atomic E-state index is 0.0268. The summed E-state index contributed by atoms with van der Waals surface area (Å²) in [5, 5.41) is 12.2. The van der Waals surface area contributed by atoms with Gasteiger partial charge in [-0.2, -0.15) is 13.2 Å². The SMILES string of the molecule is CC(C)Cn1c(=O)n(C)c(=O)c2c(CSc3nnnn3C)c(Cc3ccccc3C(F)(F)F)sc21. The number of benzene rings is 1. The molecule has 3 aromatic heterocycles. The van der Waals surface area contributed by atoms with Crippen LogP contribution in [0.5, 0.6) is 0 Å². The number of thioether (sulfide) groups is 1. The lowest BCUT2D eigenvalue weighted by Gasteiger charge is -2.12. The van der Waals surface area contributed by atoms with Crippen molar-refractivity contribution in [1.29, 1.82) is 0 Å². The van der Waals surface area contributed by atoms with Gasteiger partial charge in [-0.25, -0.2) is 9.48 Å². The number of tetrazole rings is 1. The molecule has 0 unspecified atom stereocenters. The highest BCUT2D eigenvalue weighted by atomic mass is 32.2. The molecule has 3 heterocycles. The van der Waals surface area contributed by atoms with Crippen LogP contribution >= 0.6 is 23.1 Å². The lowest BCUT2D eigenvalue weighted by Crippen LogP contribution is -2.38. The van der Waals surface area contributed by atoms with Gasteiger partial charge in [0, 0.05) is 37.7 Å². The molecule has 1 aromatic carbocycles. The third-order valence-corrected chi connectivity index (χ3v) is 7.79. The molecule has 4 rings (SSSR count). The van der Waals surface area contributed by atoms with Crippen molar-refractivity contribution in [3.63, 3.8) is 0 Å². The second-order valence-electron chi connectivity index (χ2n) is 8.54. The van der Waals surface area contributed by atoms with E-state index in [1.807, 2.05) is 13.8 Å². The number of fused-ring (bicyclic) bond motifs is 1. The third-order valence-electron chi connectivity index (χ3n) is 5.50. The van der Waals surface area contributed by atoms with Crippen molar-refractivity contribution in [3.05, 3.63) is 66.7 Å². The first-order valence-corrected chi connectivity index (χ1v) is 12.5. The van der Waals surface area contributed by atoms with Crippen LogP contribution in [-0.4, -0.2) is 29.3 Å². The lowest BCUT2D eigenvalue weighted by molar-refractivity contribution is -0.138. The van der Waals surface area contributed by atoms with E-state index in [-0.39, 0.29) is 23.7 Å².